The normalized spacial score (nSPS) is 40.5. The largest absolute Gasteiger partial charge is 0.366 e. The highest BCUT2D eigenvalue weighted by Crippen LogP contribution is 2.42. The topological polar surface area (TPSA) is 27.7 Å². The van der Waals surface area contributed by atoms with Crippen molar-refractivity contribution >= 4 is 0 Å². The molecular weight excluding hydrogens is 132 g/mol. The minimum absolute atomic E-state index is 0.446. The minimum Gasteiger partial charge on any atom is -0.366 e. The molecule has 3 heteroatoms. The van der Waals surface area contributed by atoms with E-state index >= 15 is 0 Å². The average Bonchev–Trinajstić information content (AvgIpc) is 1.73. The van der Waals surface area contributed by atoms with Gasteiger partial charge in [0.2, 0.25) is 5.79 Å². The highest BCUT2D eigenvalue weighted by molar-refractivity contribution is 5.04. The molecule has 0 amide bonds. The Morgan fingerprint density at radius 2 is 2.20 bits per heavy atom. The summed E-state index contributed by atoms with van der Waals surface area (Å²) in [4.78, 5) is 0. The molecule has 0 spiro atoms. The molecule has 2 fully saturated rings. The lowest BCUT2D eigenvalue weighted by Crippen LogP contribution is -2.54. The van der Waals surface area contributed by atoms with Crippen LogP contribution in [0.3, 0.4) is 0 Å². The minimum atomic E-state index is -0.446. The molecule has 0 aromatic heterocycles. The van der Waals surface area contributed by atoms with Crippen LogP contribution in [0.15, 0.2) is 0 Å². The zero-order valence-corrected chi connectivity index (χ0v) is 6.05. The zero-order chi connectivity index (χ0) is 7.03. The van der Waals surface area contributed by atoms with E-state index < -0.39 is 5.79 Å². The first kappa shape index (κ1) is 6.58. The van der Waals surface area contributed by atoms with E-state index in [2.05, 4.69) is 0 Å². The van der Waals surface area contributed by atoms with Gasteiger partial charge in [0.05, 0.1) is 13.2 Å². The number of rotatable bonds is 2. The molecule has 57 valence electrons. The van der Waals surface area contributed by atoms with Crippen molar-refractivity contribution in [2.24, 2.45) is 0 Å². The SMILES string of the molecule is COC1([C]2CCO2)CCO1. The van der Waals surface area contributed by atoms with Crippen molar-refractivity contribution in [3.8, 4) is 0 Å². The fourth-order valence-corrected chi connectivity index (χ4v) is 1.29. The van der Waals surface area contributed by atoms with Gasteiger partial charge in [0.15, 0.2) is 6.10 Å². The van der Waals surface area contributed by atoms with E-state index in [1.54, 1.807) is 7.11 Å². The first-order valence-corrected chi connectivity index (χ1v) is 3.56. The summed E-state index contributed by atoms with van der Waals surface area (Å²) in [5, 5.41) is 0. The molecule has 0 N–H and O–H groups in total. The predicted molar refractivity (Wildman–Crippen MR) is 34.1 cm³/mol. The van der Waals surface area contributed by atoms with E-state index in [-0.39, 0.29) is 0 Å². The maximum Gasteiger partial charge on any atom is 0.202 e. The van der Waals surface area contributed by atoms with Crippen molar-refractivity contribution in [3.05, 3.63) is 6.10 Å². The quantitative estimate of drug-likeness (QED) is 0.569. The van der Waals surface area contributed by atoms with Crippen molar-refractivity contribution in [2.45, 2.75) is 18.6 Å². The van der Waals surface area contributed by atoms with Crippen LogP contribution in [-0.2, 0) is 14.2 Å². The third kappa shape index (κ3) is 0.713. The molecule has 1 unspecified atom stereocenters. The first-order chi connectivity index (χ1) is 4.87. The second-order valence-corrected chi connectivity index (χ2v) is 2.58. The number of ether oxygens (including phenoxy) is 3. The van der Waals surface area contributed by atoms with Gasteiger partial charge in [0.1, 0.15) is 0 Å². The molecule has 0 saturated carbocycles. The van der Waals surface area contributed by atoms with E-state index in [0.29, 0.717) is 0 Å². The smallest absolute Gasteiger partial charge is 0.202 e. The Bertz CT molecular complexity index is 121. The predicted octanol–water partition coefficient (Wildman–Crippen LogP) is 0.702. The maximum absolute atomic E-state index is 5.29. The van der Waals surface area contributed by atoms with Crippen molar-refractivity contribution in [2.75, 3.05) is 20.3 Å². The molecule has 0 aliphatic carbocycles. The molecule has 0 aromatic carbocycles. The highest BCUT2D eigenvalue weighted by atomic mass is 16.7. The Morgan fingerprint density at radius 1 is 1.50 bits per heavy atom. The van der Waals surface area contributed by atoms with Crippen LogP contribution in [0.25, 0.3) is 0 Å². The average molecular weight is 143 g/mol. The number of hydrogen-bond donors (Lipinski definition) is 0. The lowest BCUT2D eigenvalue weighted by Gasteiger charge is -2.47. The van der Waals surface area contributed by atoms with Crippen LogP contribution < -0.4 is 0 Å². The molecule has 2 heterocycles. The van der Waals surface area contributed by atoms with Gasteiger partial charge in [0, 0.05) is 20.0 Å². The standard InChI is InChI=1S/C7H11O3/c1-8-7(3-5-10-7)6-2-4-9-6/h2-5H2,1H3. The Labute approximate surface area is 60.3 Å². The Morgan fingerprint density at radius 3 is 2.30 bits per heavy atom. The molecule has 3 nitrogen and oxygen atoms in total. The molecule has 2 saturated heterocycles. The number of hydrogen-bond acceptors (Lipinski definition) is 3. The van der Waals surface area contributed by atoms with Gasteiger partial charge in [0.25, 0.3) is 0 Å². The summed E-state index contributed by atoms with van der Waals surface area (Å²) >= 11 is 0. The van der Waals surface area contributed by atoms with Crippen molar-refractivity contribution < 1.29 is 14.2 Å². The monoisotopic (exact) mass is 143 g/mol. The van der Waals surface area contributed by atoms with Crippen LogP contribution in [0.4, 0.5) is 0 Å². The molecule has 2 aliphatic heterocycles. The van der Waals surface area contributed by atoms with Crippen LogP contribution in [0, 0.1) is 6.10 Å². The van der Waals surface area contributed by atoms with E-state index in [0.717, 1.165) is 32.2 Å². The van der Waals surface area contributed by atoms with Crippen LogP contribution in [0.1, 0.15) is 12.8 Å². The second-order valence-electron chi connectivity index (χ2n) is 2.58. The van der Waals surface area contributed by atoms with Gasteiger partial charge in [-0.25, -0.2) is 0 Å². The summed E-state index contributed by atoms with van der Waals surface area (Å²) in [6, 6.07) is 0. The van der Waals surface area contributed by atoms with Crippen LogP contribution in [0.5, 0.6) is 0 Å². The molecule has 1 atom stereocenters. The molecule has 10 heavy (non-hydrogen) atoms. The van der Waals surface area contributed by atoms with Gasteiger partial charge in [-0.2, -0.15) is 0 Å². The second kappa shape index (κ2) is 2.19. The lowest BCUT2D eigenvalue weighted by atomic mass is 9.96. The van der Waals surface area contributed by atoms with Gasteiger partial charge in [-0.3, -0.25) is 0 Å². The molecule has 1 radical (unpaired) electrons. The zero-order valence-electron chi connectivity index (χ0n) is 6.05. The summed E-state index contributed by atoms with van der Waals surface area (Å²) < 4.78 is 15.7. The molecular formula is C7H11O3. The number of methoxy groups -OCH3 is 1. The molecule has 0 bridgehead atoms. The van der Waals surface area contributed by atoms with Gasteiger partial charge in [-0.05, 0) is 0 Å². The fourth-order valence-electron chi connectivity index (χ4n) is 1.29. The van der Waals surface area contributed by atoms with Crippen molar-refractivity contribution in [1.82, 2.24) is 0 Å². The summed E-state index contributed by atoms with van der Waals surface area (Å²) in [6.45, 7) is 1.62. The Balaban J connectivity index is 1.96. The first-order valence-electron chi connectivity index (χ1n) is 3.56. The molecule has 2 rings (SSSR count). The maximum atomic E-state index is 5.29. The summed E-state index contributed by atoms with van der Waals surface area (Å²) in [7, 11) is 1.66. The lowest BCUT2D eigenvalue weighted by molar-refractivity contribution is -0.324. The van der Waals surface area contributed by atoms with E-state index in [1.165, 1.54) is 0 Å². The summed E-state index contributed by atoms with van der Waals surface area (Å²) in [5.74, 6) is -0.446. The Hall–Kier alpha value is -0.120. The van der Waals surface area contributed by atoms with Crippen molar-refractivity contribution in [1.29, 1.82) is 0 Å². The molecule has 2 aliphatic rings. The third-order valence-corrected chi connectivity index (χ3v) is 2.13. The van der Waals surface area contributed by atoms with Crippen LogP contribution >= 0.6 is 0 Å². The summed E-state index contributed by atoms with van der Waals surface area (Å²) in [6.07, 6.45) is 2.91. The fraction of sp³-hybridized carbons (Fsp3) is 0.857. The van der Waals surface area contributed by atoms with Gasteiger partial charge >= 0.3 is 0 Å². The van der Waals surface area contributed by atoms with Crippen molar-refractivity contribution in [3.63, 3.8) is 0 Å². The summed E-state index contributed by atoms with van der Waals surface area (Å²) in [5.41, 5.74) is 0. The third-order valence-electron chi connectivity index (χ3n) is 2.13. The van der Waals surface area contributed by atoms with Crippen LogP contribution in [-0.4, -0.2) is 26.1 Å². The van der Waals surface area contributed by atoms with Gasteiger partial charge < -0.3 is 14.2 Å². The van der Waals surface area contributed by atoms with E-state index in [1.807, 2.05) is 0 Å². The molecule has 0 aromatic rings. The van der Waals surface area contributed by atoms with E-state index in [4.69, 9.17) is 14.2 Å². The van der Waals surface area contributed by atoms with E-state index in [9.17, 15) is 0 Å². The van der Waals surface area contributed by atoms with Crippen LogP contribution in [0.2, 0.25) is 0 Å². The van der Waals surface area contributed by atoms with Gasteiger partial charge in [-0.1, -0.05) is 0 Å². The van der Waals surface area contributed by atoms with Gasteiger partial charge in [-0.15, -0.1) is 0 Å². The highest BCUT2D eigenvalue weighted by Gasteiger charge is 2.50. The Kier molecular flexibility index (Phi) is 1.44.